The van der Waals surface area contributed by atoms with Crippen molar-refractivity contribution in [1.82, 2.24) is 14.8 Å². The summed E-state index contributed by atoms with van der Waals surface area (Å²) in [4.78, 5) is 4.39. The molecule has 2 rings (SSSR count). The van der Waals surface area contributed by atoms with Crippen LogP contribution in [0.4, 0.5) is 5.69 Å². The van der Waals surface area contributed by atoms with Crippen LogP contribution >= 0.6 is 0 Å². The quantitative estimate of drug-likeness (QED) is 0.865. The van der Waals surface area contributed by atoms with Crippen LogP contribution in [-0.2, 0) is 10.8 Å². The van der Waals surface area contributed by atoms with E-state index in [1.54, 1.807) is 6.20 Å². The minimum Gasteiger partial charge on any atom is -0.397 e. The number of nitrogen functional groups attached to an aromatic ring is 1. The van der Waals surface area contributed by atoms with Crippen molar-refractivity contribution < 1.29 is 0 Å². The van der Waals surface area contributed by atoms with Crippen molar-refractivity contribution >= 4 is 5.69 Å². The van der Waals surface area contributed by atoms with Gasteiger partial charge in [0.1, 0.15) is 0 Å². The fourth-order valence-electron chi connectivity index (χ4n) is 1.98. The zero-order chi connectivity index (χ0) is 15.1. The Balaban J connectivity index is 2.62. The van der Waals surface area contributed by atoms with E-state index in [0.29, 0.717) is 5.69 Å². The minimum absolute atomic E-state index is 0.000430. The number of nitrogens with zero attached hydrogens (tertiary/aromatic N) is 3. The maximum absolute atomic E-state index is 5.71. The summed E-state index contributed by atoms with van der Waals surface area (Å²) in [6.07, 6.45) is 1.67. The molecule has 0 radical (unpaired) electrons. The predicted molar refractivity (Wildman–Crippen MR) is 83.2 cm³/mol. The lowest BCUT2D eigenvalue weighted by Crippen LogP contribution is -2.18. The summed E-state index contributed by atoms with van der Waals surface area (Å²) in [7, 11) is 0. The Morgan fingerprint density at radius 3 is 2.10 bits per heavy atom. The van der Waals surface area contributed by atoms with Crippen LogP contribution in [0.5, 0.6) is 0 Å². The van der Waals surface area contributed by atoms with E-state index in [-0.39, 0.29) is 10.8 Å². The summed E-state index contributed by atoms with van der Waals surface area (Å²) < 4.78 is 1.93. The monoisotopic (exact) mass is 272 g/mol. The van der Waals surface area contributed by atoms with Gasteiger partial charge >= 0.3 is 0 Å². The fourth-order valence-corrected chi connectivity index (χ4v) is 1.98. The molecule has 108 valence electrons. The van der Waals surface area contributed by atoms with Crippen LogP contribution in [0.2, 0.25) is 0 Å². The third kappa shape index (κ3) is 2.84. The van der Waals surface area contributed by atoms with Gasteiger partial charge in [0, 0.05) is 10.8 Å². The Kier molecular flexibility index (Phi) is 3.36. The smallest absolute Gasteiger partial charge is 0.153 e. The van der Waals surface area contributed by atoms with Crippen molar-refractivity contribution in [2.75, 3.05) is 5.73 Å². The minimum atomic E-state index is -0.000430. The second-order valence-electron chi connectivity index (χ2n) is 7.28. The molecule has 0 unspecified atom stereocenters. The van der Waals surface area contributed by atoms with Gasteiger partial charge < -0.3 is 5.73 Å². The summed E-state index contributed by atoms with van der Waals surface area (Å²) in [6.45, 7) is 13.1. The number of anilines is 1. The van der Waals surface area contributed by atoms with E-state index in [4.69, 9.17) is 10.8 Å². The lowest BCUT2D eigenvalue weighted by Gasteiger charge is -2.19. The van der Waals surface area contributed by atoms with Gasteiger partial charge in [0.2, 0.25) is 0 Å². The zero-order valence-electron chi connectivity index (χ0n) is 13.2. The standard InChI is InChI=1S/C16H24N4/c1-15(2,3)12-9-13(16(4,5)6)20(19-12)14-8-7-11(17)10-18-14/h7-10H,17H2,1-6H3. The molecule has 0 aliphatic rings. The van der Waals surface area contributed by atoms with Crippen molar-refractivity contribution in [3.05, 3.63) is 35.8 Å². The zero-order valence-corrected chi connectivity index (χ0v) is 13.2. The Morgan fingerprint density at radius 1 is 1.00 bits per heavy atom. The molecule has 0 saturated carbocycles. The van der Waals surface area contributed by atoms with Crippen LogP contribution in [0.25, 0.3) is 5.82 Å². The molecule has 0 amide bonds. The average molecular weight is 272 g/mol. The molecule has 2 N–H and O–H groups in total. The number of hydrogen-bond acceptors (Lipinski definition) is 3. The molecule has 2 heterocycles. The highest BCUT2D eigenvalue weighted by atomic mass is 15.3. The summed E-state index contributed by atoms with van der Waals surface area (Å²) in [5.41, 5.74) is 8.61. The molecule has 4 nitrogen and oxygen atoms in total. The maximum Gasteiger partial charge on any atom is 0.153 e. The lowest BCUT2D eigenvalue weighted by atomic mass is 9.88. The molecule has 4 heteroatoms. The first-order valence-electron chi connectivity index (χ1n) is 6.92. The molecule has 20 heavy (non-hydrogen) atoms. The van der Waals surface area contributed by atoms with Crippen LogP contribution < -0.4 is 5.73 Å². The van der Waals surface area contributed by atoms with E-state index in [1.807, 2.05) is 16.8 Å². The highest BCUT2D eigenvalue weighted by Crippen LogP contribution is 2.30. The fraction of sp³-hybridized carbons (Fsp3) is 0.500. The molecule has 2 aromatic heterocycles. The van der Waals surface area contributed by atoms with Gasteiger partial charge in [-0.1, -0.05) is 41.5 Å². The highest BCUT2D eigenvalue weighted by molar-refractivity contribution is 5.40. The van der Waals surface area contributed by atoms with E-state index < -0.39 is 0 Å². The Hall–Kier alpha value is -1.84. The number of pyridine rings is 1. The maximum atomic E-state index is 5.71. The third-order valence-corrected chi connectivity index (χ3v) is 3.23. The molecule has 0 atom stereocenters. The highest BCUT2D eigenvalue weighted by Gasteiger charge is 2.26. The average Bonchev–Trinajstić information content (AvgIpc) is 2.74. The molecule has 0 aliphatic heterocycles. The number of nitrogens with two attached hydrogens (primary N) is 1. The Morgan fingerprint density at radius 2 is 1.65 bits per heavy atom. The Bertz CT molecular complexity index is 595. The molecular formula is C16H24N4. The molecular weight excluding hydrogens is 248 g/mol. The Labute approximate surface area is 121 Å². The summed E-state index contributed by atoms with van der Waals surface area (Å²) >= 11 is 0. The van der Waals surface area contributed by atoms with Crippen LogP contribution in [0.3, 0.4) is 0 Å². The second kappa shape index (κ2) is 4.62. The summed E-state index contributed by atoms with van der Waals surface area (Å²) in [5, 5.41) is 4.76. The van der Waals surface area contributed by atoms with E-state index in [1.165, 1.54) is 0 Å². The van der Waals surface area contributed by atoms with Crippen LogP contribution in [-0.4, -0.2) is 14.8 Å². The van der Waals surface area contributed by atoms with Crippen molar-refractivity contribution in [2.45, 2.75) is 52.4 Å². The van der Waals surface area contributed by atoms with Crippen molar-refractivity contribution in [1.29, 1.82) is 0 Å². The first-order chi connectivity index (χ1) is 9.09. The van der Waals surface area contributed by atoms with Gasteiger partial charge in [-0.05, 0) is 18.2 Å². The van der Waals surface area contributed by atoms with Crippen LogP contribution in [0.15, 0.2) is 24.4 Å². The molecule has 0 fully saturated rings. The van der Waals surface area contributed by atoms with Gasteiger partial charge in [-0.3, -0.25) is 0 Å². The summed E-state index contributed by atoms with van der Waals surface area (Å²) in [6, 6.07) is 5.94. The van der Waals surface area contributed by atoms with Gasteiger partial charge in [0.15, 0.2) is 5.82 Å². The predicted octanol–water partition coefficient (Wildman–Crippen LogP) is 3.44. The number of rotatable bonds is 1. The van der Waals surface area contributed by atoms with Gasteiger partial charge in [0.05, 0.1) is 23.3 Å². The summed E-state index contributed by atoms with van der Waals surface area (Å²) in [5.74, 6) is 0.805. The lowest BCUT2D eigenvalue weighted by molar-refractivity contribution is 0.534. The largest absolute Gasteiger partial charge is 0.397 e. The first kappa shape index (κ1) is 14.6. The van der Waals surface area contributed by atoms with E-state index in [9.17, 15) is 0 Å². The molecule has 0 bridgehead atoms. The first-order valence-corrected chi connectivity index (χ1v) is 6.92. The van der Waals surface area contributed by atoms with Crippen molar-refractivity contribution in [3.63, 3.8) is 0 Å². The van der Waals surface area contributed by atoms with E-state index in [0.717, 1.165) is 17.2 Å². The normalized spacial score (nSPS) is 12.7. The molecule has 0 saturated heterocycles. The van der Waals surface area contributed by atoms with Gasteiger partial charge in [-0.15, -0.1) is 0 Å². The second-order valence-corrected chi connectivity index (χ2v) is 7.28. The molecule has 2 aromatic rings. The van der Waals surface area contributed by atoms with Gasteiger partial charge in [-0.2, -0.15) is 5.10 Å². The van der Waals surface area contributed by atoms with E-state index >= 15 is 0 Å². The third-order valence-electron chi connectivity index (χ3n) is 3.23. The van der Waals surface area contributed by atoms with Crippen LogP contribution in [0, 0.1) is 0 Å². The molecule has 0 spiro atoms. The SMILES string of the molecule is CC(C)(C)c1cc(C(C)(C)C)n(-c2ccc(N)cn2)n1. The van der Waals surface area contributed by atoms with E-state index in [2.05, 4.69) is 52.6 Å². The molecule has 0 aliphatic carbocycles. The van der Waals surface area contributed by atoms with Crippen molar-refractivity contribution in [3.8, 4) is 5.82 Å². The van der Waals surface area contributed by atoms with Gasteiger partial charge in [-0.25, -0.2) is 9.67 Å². The molecule has 0 aromatic carbocycles. The topological polar surface area (TPSA) is 56.7 Å². The van der Waals surface area contributed by atoms with Gasteiger partial charge in [0.25, 0.3) is 0 Å². The number of aromatic nitrogens is 3. The van der Waals surface area contributed by atoms with Crippen molar-refractivity contribution in [2.24, 2.45) is 0 Å². The number of hydrogen-bond donors (Lipinski definition) is 1. The van der Waals surface area contributed by atoms with Crippen LogP contribution in [0.1, 0.15) is 52.9 Å².